The van der Waals surface area contributed by atoms with Crippen molar-refractivity contribution in [3.8, 4) is 5.75 Å². The highest BCUT2D eigenvalue weighted by Crippen LogP contribution is 2.27. The molecule has 3 aromatic rings. The first-order valence-electron chi connectivity index (χ1n) is 9.72. The quantitative estimate of drug-likeness (QED) is 0.533. The smallest absolute Gasteiger partial charge is 0.242 e. The summed E-state index contributed by atoms with van der Waals surface area (Å²) in [5.74, 6) is -1.57. The predicted molar refractivity (Wildman–Crippen MR) is 116 cm³/mol. The Labute approximate surface area is 175 Å². The molecule has 0 N–H and O–H groups in total. The van der Waals surface area contributed by atoms with Gasteiger partial charge in [0.25, 0.3) is 0 Å². The number of para-hydroxylation sites is 1. The van der Waals surface area contributed by atoms with E-state index in [-0.39, 0.29) is 23.6 Å². The molecule has 6 nitrogen and oxygen atoms in total. The third-order valence-electron chi connectivity index (χ3n) is 4.89. The van der Waals surface area contributed by atoms with Crippen LogP contribution in [0.15, 0.2) is 48.7 Å². The molecule has 2 aromatic carbocycles. The summed E-state index contributed by atoms with van der Waals surface area (Å²) in [6, 6.07) is 11.5. The van der Waals surface area contributed by atoms with Crippen molar-refractivity contribution in [2.45, 2.75) is 33.2 Å². The van der Waals surface area contributed by atoms with Gasteiger partial charge in [0.1, 0.15) is 0 Å². The minimum atomic E-state index is -3.94. The maximum absolute atomic E-state index is 14.2. The zero-order valence-electron chi connectivity index (χ0n) is 17.3. The summed E-state index contributed by atoms with van der Waals surface area (Å²) in [6.45, 7) is 4.01. The Balaban J connectivity index is 1.91. The number of amides is 1. The fourth-order valence-electron chi connectivity index (χ4n) is 3.52. The second-order valence-electron chi connectivity index (χ2n) is 7.07. The first kappa shape index (κ1) is 21.8. The van der Waals surface area contributed by atoms with Gasteiger partial charge in [-0.1, -0.05) is 25.1 Å². The molecule has 0 aliphatic carbocycles. The van der Waals surface area contributed by atoms with E-state index in [1.54, 1.807) is 6.92 Å². The molecule has 1 amide bonds. The first-order chi connectivity index (χ1) is 14.3. The summed E-state index contributed by atoms with van der Waals surface area (Å²) in [5, 5.41) is 1.08. The van der Waals surface area contributed by atoms with Crippen molar-refractivity contribution >= 4 is 32.5 Å². The van der Waals surface area contributed by atoms with Crippen LogP contribution in [-0.4, -0.2) is 31.8 Å². The second-order valence-corrected chi connectivity index (χ2v) is 9.00. The average Bonchev–Trinajstić information content (AvgIpc) is 3.02. The van der Waals surface area contributed by atoms with Crippen LogP contribution in [0, 0.1) is 12.7 Å². The highest BCUT2D eigenvalue weighted by molar-refractivity contribution is 7.93. The molecule has 0 saturated carbocycles. The molecule has 1 aromatic heterocycles. The lowest BCUT2D eigenvalue weighted by atomic mass is 10.2. The molecule has 30 heavy (non-hydrogen) atoms. The van der Waals surface area contributed by atoms with Gasteiger partial charge in [0.05, 0.1) is 18.6 Å². The summed E-state index contributed by atoms with van der Waals surface area (Å²) in [4.78, 5) is 13.0. The van der Waals surface area contributed by atoms with Crippen LogP contribution in [0.25, 0.3) is 10.9 Å². The van der Waals surface area contributed by atoms with Crippen LogP contribution in [-0.2, 0) is 21.4 Å². The molecule has 0 radical (unpaired) electrons. The summed E-state index contributed by atoms with van der Waals surface area (Å²) in [5.41, 5.74) is 2.02. The van der Waals surface area contributed by atoms with E-state index >= 15 is 0 Å². The number of halogens is 1. The van der Waals surface area contributed by atoms with Crippen LogP contribution in [0.5, 0.6) is 5.75 Å². The van der Waals surface area contributed by atoms with Gasteiger partial charge in [-0.3, -0.25) is 4.79 Å². The van der Waals surface area contributed by atoms with E-state index in [9.17, 15) is 17.6 Å². The van der Waals surface area contributed by atoms with Crippen LogP contribution >= 0.6 is 0 Å². The van der Waals surface area contributed by atoms with Gasteiger partial charge >= 0.3 is 0 Å². The van der Waals surface area contributed by atoms with E-state index < -0.39 is 21.7 Å². The fourth-order valence-corrected chi connectivity index (χ4v) is 5.06. The molecule has 0 unspecified atom stereocenters. The number of carbonyl (C=O) groups is 1. The molecule has 0 fully saturated rings. The van der Waals surface area contributed by atoms with Crippen LogP contribution in [0.3, 0.4) is 0 Å². The molecule has 160 valence electrons. The Hall–Kier alpha value is -2.87. The van der Waals surface area contributed by atoms with E-state index in [4.69, 9.17) is 4.74 Å². The van der Waals surface area contributed by atoms with Gasteiger partial charge in [-0.05, 0) is 37.1 Å². The van der Waals surface area contributed by atoms with Crippen molar-refractivity contribution in [2.24, 2.45) is 0 Å². The molecule has 3 rings (SSSR count). The molecular formula is C22H25FN2O4S. The molecule has 0 saturated heterocycles. The number of aromatic nitrogens is 1. The molecule has 1 heterocycles. The normalized spacial score (nSPS) is 11.6. The van der Waals surface area contributed by atoms with Crippen molar-refractivity contribution in [2.75, 3.05) is 17.2 Å². The van der Waals surface area contributed by atoms with E-state index in [1.165, 1.54) is 19.2 Å². The van der Waals surface area contributed by atoms with E-state index in [0.29, 0.717) is 13.0 Å². The maximum atomic E-state index is 14.2. The fraction of sp³-hybridized carbons (Fsp3) is 0.318. The highest BCUT2D eigenvalue weighted by Gasteiger charge is 2.29. The van der Waals surface area contributed by atoms with Gasteiger partial charge in [-0.2, -0.15) is 0 Å². The third-order valence-corrected chi connectivity index (χ3v) is 6.79. The number of ether oxygens (including phenoxy) is 1. The van der Waals surface area contributed by atoms with E-state index in [0.717, 1.165) is 26.8 Å². The van der Waals surface area contributed by atoms with Gasteiger partial charge in [-0.25, -0.2) is 17.1 Å². The zero-order chi connectivity index (χ0) is 21.9. The molecular weight excluding hydrogens is 407 g/mol. The number of sulfonamides is 1. The van der Waals surface area contributed by atoms with Crippen LogP contribution in [0.4, 0.5) is 10.1 Å². The first-order valence-corrected chi connectivity index (χ1v) is 11.3. The number of benzene rings is 2. The predicted octanol–water partition coefficient (Wildman–Crippen LogP) is 4.26. The molecule has 0 bridgehead atoms. The lowest BCUT2D eigenvalue weighted by Crippen LogP contribution is -2.39. The Kier molecular flexibility index (Phi) is 6.45. The number of aryl methyl sites for hydroxylation is 2. The van der Waals surface area contributed by atoms with E-state index in [2.05, 4.69) is 0 Å². The van der Waals surface area contributed by atoms with Crippen molar-refractivity contribution in [1.29, 1.82) is 0 Å². The summed E-state index contributed by atoms with van der Waals surface area (Å²) < 4.78 is 47.4. The minimum absolute atomic E-state index is 0.0201. The Morgan fingerprint density at radius 2 is 1.93 bits per heavy atom. The number of nitrogens with zero attached hydrogens (tertiary/aromatic N) is 2. The van der Waals surface area contributed by atoms with Crippen molar-refractivity contribution in [3.63, 3.8) is 0 Å². The number of hydrogen-bond acceptors (Lipinski definition) is 4. The van der Waals surface area contributed by atoms with Crippen LogP contribution in [0.2, 0.25) is 0 Å². The Morgan fingerprint density at radius 3 is 2.60 bits per heavy atom. The minimum Gasteiger partial charge on any atom is -0.494 e. The lowest BCUT2D eigenvalue weighted by molar-refractivity contribution is -0.117. The number of fused-ring (bicyclic) bond motifs is 1. The summed E-state index contributed by atoms with van der Waals surface area (Å²) in [6.07, 6.45) is 2.23. The maximum Gasteiger partial charge on any atom is 0.242 e. The standard InChI is InChI=1S/C22H25FN2O4S/c1-4-13-30(27,28)25(17-9-10-21(29-3)19(23)14-17)22(26)11-12-24-15-16(2)18-7-5-6-8-20(18)24/h5-10,14-15H,4,11-13H2,1-3H3. The number of carbonyl (C=O) groups excluding carboxylic acids is 1. The SMILES string of the molecule is CCCS(=O)(=O)N(C(=O)CCn1cc(C)c2ccccc21)c1ccc(OC)c(F)c1. The Morgan fingerprint density at radius 1 is 1.20 bits per heavy atom. The zero-order valence-corrected chi connectivity index (χ0v) is 18.1. The topological polar surface area (TPSA) is 68.6 Å². The number of hydrogen-bond donors (Lipinski definition) is 0. The van der Waals surface area contributed by atoms with Gasteiger partial charge in [-0.15, -0.1) is 0 Å². The molecule has 0 atom stereocenters. The lowest BCUT2D eigenvalue weighted by Gasteiger charge is -2.23. The van der Waals surface area contributed by atoms with Crippen LogP contribution < -0.4 is 9.04 Å². The molecule has 8 heteroatoms. The van der Waals surface area contributed by atoms with Crippen molar-refractivity contribution in [1.82, 2.24) is 4.57 Å². The van der Waals surface area contributed by atoms with E-state index in [1.807, 2.05) is 42.0 Å². The highest BCUT2D eigenvalue weighted by atomic mass is 32.2. The molecule has 0 aliphatic rings. The largest absolute Gasteiger partial charge is 0.494 e. The van der Waals surface area contributed by atoms with Gasteiger partial charge in [0.15, 0.2) is 11.6 Å². The monoisotopic (exact) mass is 432 g/mol. The molecule has 0 aliphatic heterocycles. The number of anilines is 1. The van der Waals surface area contributed by atoms with Crippen molar-refractivity contribution in [3.05, 3.63) is 60.0 Å². The third kappa shape index (κ3) is 4.33. The van der Waals surface area contributed by atoms with Gasteiger partial charge in [0, 0.05) is 36.1 Å². The van der Waals surface area contributed by atoms with Gasteiger partial charge < -0.3 is 9.30 Å². The van der Waals surface area contributed by atoms with Crippen LogP contribution in [0.1, 0.15) is 25.3 Å². The summed E-state index contributed by atoms with van der Waals surface area (Å²) >= 11 is 0. The summed E-state index contributed by atoms with van der Waals surface area (Å²) in [7, 11) is -2.62. The molecule has 0 spiro atoms. The average molecular weight is 433 g/mol. The Bertz CT molecular complexity index is 1170. The number of rotatable bonds is 8. The van der Waals surface area contributed by atoms with Gasteiger partial charge in [0.2, 0.25) is 15.9 Å². The number of methoxy groups -OCH3 is 1. The van der Waals surface area contributed by atoms with Crippen molar-refractivity contribution < 1.29 is 22.3 Å². The second kappa shape index (κ2) is 8.87.